The molecule has 0 heterocycles. The summed E-state index contributed by atoms with van der Waals surface area (Å²) in [5.74, 6) is -1.80. The number of nitrogens with one attached hydrogen (secondary N) is 1. The monoisotopic (exact) mass is 466 g/mol. The van der Waals surface area contributed by atoms with E-state index in [1.807, 2.05) is 30.3 Å². The van der Waals surface area contributed by atoms with Crippen LogP contribution in [0.25, 0.3) is 17.2 Å². The van der Waals surface area contributed by atoms with Crippen LogP contribution in [-0.2, 0) is 4.79 Å². The molecule has 0 radical (unpaired) electrons. The molecule has 0 unspecified atom stereocenters. The number of anilines is 1. The van der Waals surface area contributed by atoms with Gasteiger partial charge in [0, 0.05) is 16.6 Å². The van der Waals surface area contributed by atoms with Crippen LogP contribution in [0.3, 0.4) is 0 Å². The van der Waals surface area contributed by atoms with Crippen LogP contribution >= 0.6 is 15.9 Å². The van der Waals surface area contributed by atoms with E-state index in [0.29, 0.717) is 10.0 Å². The highest BCUT2D eigenvalue weighted by molar-refractivity contribution is 9.10. The summed E-state index contributed by atoms with van der Waals surface area (Å²) < 4.78 is 0.558. The first-order valence-corrected chi connectivity index (χ1v) is 9.50. The van der Waals surface area contributed by atoms with Crippen LogP contribution in [0.4, 0.5) is 11.4 Å². The Balaban J connectivity index is 1.84. The molecule has 2 N–H and O–H groups in total. The Morgan fingerprint density at radius 1 is 1.00 bits per heavy atom. The zero-order valence-corrected chi connectivity index (χ0v) is 17.0. The van der Waals surface area contributed by atoms with Crippen LogP contribution in [0.5, 0.6) is 0 Å². The van der Waals surface area contributed by atoms with Crippen molar-refractivity contribution in [1.29, 1.82) is 0 Å². The summed E-state index contributed by atoms with van der Waals surface area (Å²) in [5.41, 5.74) is 1.67. The van der Waals surface area contributed by atoms with E-state index in [1.54, 1.807) is 18.2 Å². The Bertz CT molecular complexity index is 1160. The van der Waals surface area contributed by atoms with Crippen molar-refractivity contribution in [3.05, 3.63) is 98.5 Å². The lowest BCUT2D eigenvalue weighted by molar-refractivity contribution is -0.385. The minimum atomic E-state index is -1.19. The lowest BCUT2D eigenvalue weighted by Gasteiger charge is -2.07. The number of carboxylic acid groups (broad SMARTS) is 1. The number of nitro benzene ring substituents is 1. The third-order valence-corrected chi connectivity index (χ3v) is 4.71. The first kappa shape index (κ1) is 20.9. The van der Waals surface area contributed by atoms with Crippen molar-refractivity contribution in [3.63, 3.8) is 0 Å². The van der Waals surface area contributed by atoms with Gasteiger partial charge >= 0.3 is 5.97 Å². The molecular formula is C22H15BrN2O5. The lowest BCUT2D eigenvalue weighted by atomic mass is 10.0. The molecule has 1 amide bonds. The standard InChI is InChI=1S/C22H15BrN2O5/c23-17-9-10-19(18(13-17)22(27)28)24-21(26)11-8-15-6-7-16(12-20(15)25(29)30)14-4-2-1-3-5-14/h1-13H,(H,24,26)(H,27,28)/b11-8+. The zero-order chi connectivity index (χ0) is 21.7. The van der Waals surface area contributed by atoms with Crippen LogP contribution in [0, 0.1) is 10.1 Å². The van der Waals surface area contributed by atoms with Gasteiger partial charge in [0.15, 0.2) is 0 Å². The number of rotatable bonds is 6. The van der Waals surface area contributed by atoms with Gasteiger partial charge in [-0.05, 0) is 41.5 Å². The molecule has 0 atom stereocenters. The van der Waals surface area contributed by atoms with E-state index in [4.69, 9.17) is 0 Å². The smallest absolute Gasteiger partial charge is 0.337 e. The zero-order valence-electron chi connectivity index (χ0n) is 15.4. The predicted molar refractivity (Wildman–Crippen MR) is 117 cm³/mol. The van der Waals surface area contributed by atoms with Crippen molar-refractivity contribution in [2.75, 3.05) is 5.32 Å². The number of halogens is 1. The minimum absolute atomic E-state index is 0.0793. The number of carbonyl (C=O) groups excluding carboxylic acids is 1. The number of aromatic carboxylic acids is 1. The lowest BCUT2D eigenvalue weighted by Crippen LogP contribution is -2.12. The molecule has 0 spiro atoms. The Labute approximate surface area is 180 Å². The van der Waals surface area contributed by atoms with E-state index < -0.39 is 16.8 Å². The highest BCUT2D eigenvalue weighted by atomic mass is 79.9. The molecule has 3 rings (SSSR count). The fourth-order valence-corrected chi connectivity index (χ4v) is 3.16. The Morgan fingerprint density at radius 3 is 2.40 bits per heavy atom. The number of benzene rings is 3. The van der Waals surface area contributed by atoms with Crippen molar-refractivity contribution < 1.29 is 19.6 Å². The average molecular weight is 467 g/mol. The molecule has 0 aliphatic heterocycles. The number of hydrogen-bond donors (Lipinski definition) is 2. The second-order valence-electron chi connectivity index (χ2n) is 6.21. The molecule has 0 aromatic heterocycles. The Morgan fingerprint density at radius 2 is 1.73 bits per heavy atom. The molecule has 3 aromatic rings. The number of nitro groups is 1. The maximum absolute atomic E-state index is 12.2. The normalized spacial score (nSPS) is 10.7. The number of carboxylic acids is 1. The van der Waals surface area contributed by atoms with Crippen molar-refractivity contribution in [2.24, 2.45) is 0 Å². The fourth-order valence-electron chi connectivity index (χ4n) is 2.80. The molecule has 0 aliphatic rings. The molecule has 30 heavy (non-hydrogen) atoms. The van der Waals surface area contributed by atoms with Gasteiger partial charge in [-0.2, -0.15) is 0 Å². The summed E-state index contributed by atoms with van der Waals surface area (Å²) in [6.45, 7) is 0. The second-order valence-corrected chi connectivity index (χ2v) is 7.13. The quantitative estimate of drug-likeness (QED) is 0.288. The molecule has 7 nitrogen and oxygen atoms in total. The fraction of sp³-hybridized carbons (Fsp3) is 0. The van der Waals surface area contributed by atoms with Gasteiger partial charge in [0.1, 0.15) is 0 Å². The summed E-state index contributed by atoms with van der Waals surface area (Å²) in [5, 5.41) is 23.2. The maximum atomic E-state index is 12.2. The number of hydrogen-bond acceptors (Lipinski definition) is 4. The van der Waals surface area contributed by atoms with Crippen LogP contribution < -0.4 is 5.32 Å². The van der Waals surface area contributed by atoms with Crippen molar-refractivity contribution in [3.8, 4) is 11.1 Å². The highest BCUT2D eigenvalue weighted by Gasteiger charge is 2.15. The molecule has 150 valence electrons. The van der Waals surface area contributed by atoms with Gasteiger partial charge in [-0.1, -0.05) is 52.3 Å². The van der Waals surface area contributed by atoms with Crippen LogP contribution in [0.2, 0.25) is 0 Å². The molecule has 0 fully saturated rings. The third-order valence-electron chi connectivity index (χ3n) is 4.22. The van der Waals surface area contributed by atoms with Crippen LogP contribution in [-0.4, -0.2) is 21.9 Å². The summed E-state index contributed by atoms with van der Waals surface area (Å²) in [6, 6.07) is 18.4. The largest absolute Gasteiger partial charge is 0.478 e. The number of nitrogens with zero attached hydrogens (tertiary/aromatic N) is 1. The van der Waals surface area contributed by atoms with Crippen LogP contribution in [0.1, 0.15) is 15.9 Å². The molecule has 0 saturated carbocycles. The summed E-state index contributed by atoms with van der Waals surface area (Å²) in [6.07, 6.45) is 2.44. The molecule has 3 aromatic carbocycles. The molecule has 0 bridgehead atoms. The molecular weight excluding hydrogens is 452 g/mol. The highest BCUT2D eigenvalue weighted by Crippen LogP contribution is 2.28. The first-order chi connectivity index (χ1) is 14.3. The van der Waals surface area contributed by atoms with Crippen LogP contribution in [0.15, 0.2) is 77.3 Å². The number of amides is 1. The van der Waals surface area contributed by atoms with Crippen molar-refractivity contribution in [2.45, 2.75) is 0 Å². The second kappa shape index (κ2) is 9.15. The number of carbonyl (C=O) groups is 2. The first-order valence-electron chi connectivity index (χ1n) is 8.71. The minimum Gasteiger partial charge on any atom is -0.478 e. The van der Waals surface area contributed by atoms with E-state index >= 15 is 0 Å². The topological polar surface area (TPSA) is 110 Å². The average Bonchev–Trinajstić information content (AvgIpc) is 2.73. The van der Waals surface area contributed by atoms with Gasteiger partial charge in [-0.25, -0.2) is 4.79 Å². The van der Waals surface area contributed by atoms with Gasteiger partial charge in [0.2, 0.25) is 5.91 Å². The van der Waals surface area contributed by atoms with Gasteiger partial charge in [0.05, 0.1) is 21.7 Å². The van der Waals surface area contributed by atoms with Gasteiger partial charge in [0.25, 0.3) is 5.69 Å². The van der Waals surface area contributed by atoms with E-state index in [9.17, 15) is 24.8 Å². The summed E-state index contributed by atoms with van der Waals surface area (Å²) in [7, 11) is 0. The van der Waals surface area contributed by atoms with Crippen molar-refractivity contribution >= 4 is 45.3 Å². The van der Waals surface area contributed by atoms with Gasteiger partial charge < -0.3 is 10.4 Å². The summed E-state index contributed by atoms with van der Waals surface area (Å²) >= 11 is 3.18. The molecule has 0 aliphatic carbocycles. The third kappa shape index (κ3) is 4.98. The van der Waals surface area contributed by atoms with Gasteiger partial charge in [-0.15, -0.1) is 0 Å². The summed E-state index contributed by atoms with van der Waals surface area (Å²) in [4.78, 5) is 34.6. The van der Waals surface area contributed by atoms with E-state index in [2.05, 4.69) is 21.2 Å². The maximum Gasteiger partial charge on any atom is 0.337 e. The van der Waals surface area contributed by atoms with Gasteiger partial charge in [-0.3, -0.25) is 14.9 Å². The predicted octanol–water partition coefficient (Wildman–Crippen LogP) is 5.37. The van der Waals surface area contributed by atoms with E-state index in [1.165, 1.54) is 24.3 Å². The van der Waals surface area contributed by atoms with Crippen molar-refractivity contribution in [1.82, 2.24) is 0 Å². The van der Waals surface area contributed by atoms with E-state index in [0.717, 1.165) is 11.6 Å². The SMILES string of the molecule is O=C(/C=C/c1ccc(-c2ccccc2)cc1[N+](=O)[O-])Nc1ccc(Br)cc1C(=O)O. The Kier molecular flexibility index (Phi) is 6.38. The molecule has 8 heteroatoms. The molecule has 0 saturated heterocycles. The van der Waals surface area contributed by atoms with E-state index in [-0.39, 0.29) is 22.5 Å². The Hall–Kier alpha value is -3.78.